The van der Waals surface area contributed by atoms with E-state index in [-0.39, 0.29) is 0 Å². The summed E-state index contributed by atoms with van der Waals surface area (Å²) in [6, 6.07) is 10.6. The molecule has 3 heterocycles. The number of benzene rings is 1. The zero-order valence-corrected chi connectivity index (χ0v) is 20.2. The smallest absolute Gasteiger partial charge is 0.189 e. The summed E-state index contributed by atoms with van der Waals surface area (Å²) in [5.74, 6) is 1.62. The van der Waals surface area contributed by atoms with Crippen LogP contribution in [0.4, 0.5) is 10.9 Å². The zero-order chi connectivity index (χ0) is 22.5. The Labute approximate surface area is 194 Å². The van der Waals surface area contributed by atoms with Crippen LogP contribution in [0.25, 0.3) is 21.3 Å². The number of nitrogens with one attached hydrogen (secondary N) is 2. The Kier molecular flexibility index (Phi) is 7.17. The Morgan fingerprint density at radius 1 is 1.19 bits per heavy atom. The average Bonchev–Trinajstić information content (AvgIpc) is 3.37. The third-order valence-electron chi connectivity index (χ3n) is 5.83. The number of rotatable bonds is 10. The van der Waals surface area contributed by atoms with Gasteiger partial charge in [-0.2, -0.15) is 5.10 Å². The maximum Gasteiger partial charge on any atom is 0.189 e. The molecule has 0 saturated heterocycles. The number of aryl methyl sites for hydroxylation is 1. The first-order valence-corrected chi connectivity index (χ1v) is 12.1. The van der Waals surface area contributed by atoms with Crippen LogP contribution in [0.2, 0.25) is 0 Å². The average molecular weight is 449 g/mol. The molecule has 1 atom stereocenters. The van der Waals surface area contributed by atoms with Crippen LogP contribution in [0.5, 0.6) is 0 Å². The van der Waals surface area contributed by atoms with Crippen molar-refractivity contribution in [1.82, 2.24) is 25.1 Å². The lowest BCUT2D eigenvalue weighted by atomic mass is 10.0. The van der Waals surface area contributed by atoms with E-state index in [4.69, 9.17) is 4.98 Å². The van der Waals surface area contributed by atoms with E-state index >= 15 is 0 Å². The van der Waals surface area contributed by atoms with Gasteiger partial charge in [0.1, 0.15) is 5.82 Å². The van der Waals surface area contributed by atoms with Crippen molar-refractivity contribution in [3.05, 3.63) is 54.0 Å². The Balaban J connectivity index is 1.42. The van der Waals surface area contributed by atoms with Crippen molar-refractivity contribution < 1.29 is 0 Å². The normalized spacial score (nSPS) is 12.5. The lowest BCUT2D eigenvalue weighted by Gasteiger charge is -2.19. The van der Waals surface area contributed by atoms with Gasteiger partial charge in [0.05, 0.1) is 16.4 Å². The van der Waals surface area contributed by atoms with Gasteiger partial charge in [-0.3, -0.25) is 5.10 Å². The van der Waals surface area contributed by atoms with Crippen molar-refractivity contribution in [1.29, 1.82) is 0 Å². The van der Waals surface area contributed by atoms with Crippen LogP contribution in [-0.2, 0) is 6.54 Å². The molecule has 1 aromatic carbocycles. The second kappa shape index (κ2) is 10.2. The molecule has 4 aromatic rings. The van der Waals surface area contributed by atoms with E-state index < -0.39 is 0 Å². The van der Waals surface area contributed by atoms with Crippen molar-refractivity contribution in [2.75, 3.05) is 18.9 Å². The van der Waals surface area contributed by atoms with E-state index in [0.717, 1.165) is 57.0 Å². The summed E-state index contributed by atoms with van der Waals surface area (Å²) >= 11 is 1.64. The van der Waals surface area contributed by atoms with E-state index in [1.165, 1.54) is 24.8 Å². The molecule has 0 fully saturated rings. The van der Waals surface area contributed by atoms with Crippen molar-refractivity contribution in [3.8, 4) is 11.1 Å². The minimum absolute atomic E-state index is 0.786. The summed E-state index contributed by atoms with van der Waals surface area (Å²) in [4.78, 5) is 11.6. The van der Waals surface area contributed by atoms with Gasteiger partial charge in [0.2, 0.25) is 0 Å². The topological polar surface area (TPSA) is 69.7 Å². The van der Waals surface area contributed by atoms with Gasteiger partial charge in [-0.15, -0.1) is 0 Å². The molecular formula is C25H32N6S. The van der Waals surface area contributed by atoms with E-state index in [1.807, 2.05) is 19.3 Å². The van der Waals surface area contributed by atoms with Crippen molar-refractivity contribution in [2.45, 2.75) is 46.6 Å². The quantitative estimate of drug-likeness (QED) is 0.294. The van der Waals surface area contributed by atoms with Gasteiger partial charge in [-0.25, -0.2) is 9.97 Å². The number of hydrogen-bond donors (Lipinski definition) is 2. The van der Waals surface area contributed by atoms with Crippen molar-refractivity contribution >= 4 is 32.5 Å². The first-order valence-electron chi connectivity index (χ1n) is 11.3. The molecule has 0 radical (unpaired) electrons. The van der Waals surface area contributed by atoms with Crippen LogP contribution < -0.4 is 5.32 Å². The number of aromatic nitrogens is 4. The minimum atomic E-state index is 0.786. The van der Waals surface area contributed by atoms with Gasteiger partial charge in [-0.1, -0.05) is 44.1 Å². The summed E-state index contributed by atoms with van der Waals surface area (Å²) in [5, 5.41) is 11.4. The maximum atomic E-state index is 4.74. The molecule has 0 unspecified atom stereocenters. The van der Waals surface area contributed by atoms with Crippen LogP contribution in [0.1, 0.15) is 44.4 Å². The second-order valence-corrected chi connectivity index (χ2v) is 9.74. The lowest BCUT2D eigenvalue weighted by Crippen LogP contribution is -2.20. The molecule has 2 N–H and O–H groups in total. The predicted octanol–water partition coefficient (Wildman–Crippen LogP) is 6.39. The minimum Gasteiger partial charge on any atom is -0.316 e. The zero-order valence-electron chi connectivity index (χ0n) is 19.4. The number of nitrogens with zero attached hydrogens (tertiary/aromatic N) is 4. The molecule has 3 aromatic heterocycles. The maximum absolute atomic E-state index is 4.74. The Bertz CT molecular complexity index is 1160. The number of H-pyrrole nitrogens is 1. The van der Waals surface area contributed by atoms with Crippen LogP contribution >= 0.6 is 11.3 Å². The Morgan fingerprint density at radius 2 is 2.06 bits per heavy atom. The van der Waals surface area contributed by atoms with Gasteiger partial charge < -0.3 is 10.2 Å². The molecule has 168 valence electrons. The number of pyridine rings is 1. The fraction of sp³-hybridized carbons (Fsp3) is 0.400. The van der Waals surface area contributed by atoms with Gasteiger partial charge in [0.15, 0.2) is 5.13 Å². The largest absolute Gasteiger partial charge is 0.316 e. The van der Waals surface area contributed by atoms with Crippen LogP contribution in [-0.4, -0.2) is 38.7 Å². The monoisotopic (exact) mass is 448 g/mol. The first kappa shape index (κ1) is 22.4. The Morgan fingerprint density at radius 3 is 2.84 bits per heavy atom. The summed E-state index contributed by atoms with van der Waals surface area (Å²) < 4.78 is 1.14. The molecule has 0 aliphatic rings. The fourth-order valence-corrected chi connectivity index (χ4v) is 4.92. The first-order chi connectivity index (χ1) is 15.5. The number of hydrogen-bond acceptors (Lipinski definition) is 6. The number of fused-ring (bicyclic) bond motifs is 1. The fourth-order valence-electron chi connectivity index (χ4n) is 4.01. The SMILES string of the molecule is CCC[C@@H](C)CCN(C)Cc1ccnc(Nc2nc3ccc(-c4cn[nH]c4C)cc3s2)c1. The predicted molar refractivity (Wildman–Crippen MR) is 134 cm³/mol. The molecule has 0 aliphatic carbocycles. The van der Waals surface area contributed by atoms with E-state index in [0.29, 0.717) is 0 Å². The van der Waals surface area contributed by atoms with E-state index in [9.17, 15) is 0 Å². The van der Waals surface area contributed by atoms with Gasteiger partial charge in [0, 0.05) is 24.0 Å². The molecule has 0 saturated carbocycles. The molecule has 32 heavy (non-hydrogen) atoms. The second-order valence-electron chi connectivity index (χ2n) is 8.70. The lowest BCUT2D eigenvalue weighted by molar-refractivity contribution is 0.293. The molecule has 0 amide bonds. The molecule has 6 nitrogen and oxygen atoms in total. The molecule has 0 spiro atoms. The van der Waals surface area contributed by atoms with Crippen molar-refractivity contribution in [2.24, 2.45) is 5.92 Å². The van der Waals surface area contributed by atoms with Gasteiger partial charge in [-0.05, 0) is 68.2 Å². The van der Waals surface area contributed by atoms with E-state index in [1.54, 1.807) is 11.3 Å². The third-order valence-corrected chi connectivity index (χ3v) is 6.76. The van der Waals surface area contributed by atoms with Crippen LogP contribution in [0.15, 0.2) is 42.7 Å². The Hall–Kier alpha value is -2.77. The van der Waals surface area contributed by atoms with Crippen LogP contribution in [0.3, 0.4) is 0 Å². The molecular weight excluding hydrogens is 416 g/mol. The number of thiazole rings is 1. The highest BCUT2D eigenvalue weighted by Crippen LogP contribution is 2.32. The number of anilines is 2. The van der Waals surface area contributed by atoms with Gasteiger partial charge >= 0.3 is 0 Å². The highest BCUT2D eigenvalue weighted by molar-refractivity contribution is 7.22. The highest BCUT2D eigenvalue weighted by atomic mass is 32.1. The molecule has 7 heteroatoms. The number of aromatic amines is 1. The van der Waals surface area contributed by atoms with Crippen molar-refractivity contribution in [3.63, 3.8) is 0 Å². The summed E-state index contributed by atoms with van der Waals surface area (Å²) in [5.41, 5.74) is 5.58. The highest BCUT2D eigenvalue weighted by Gasteiger charge is 2.10. The summed E-state index contributed by atoms with van der Waals surface area (Å²) in [6.07, 6.45) is 7.56. The third kappa shape index (κ3) is 5.53. The molecule has 0 bridgehead atoms. The van der Waals surface area contributed by atoms with Gasteiger partial charge in [0.25, 0.3) is 0 Å². The molecule has 4 rings (SSSR count). The summed E-state index contributed by atoms with van der Waals surface area (Å²) in [6.45, 7) is 8.68. The van der Waals surface area contributed by atoms with E-state index in [2.05, 4.69) is 76.6 Å². The standard InChI is InChI=1S/C25H32N6S/c1-5-6-17(2)10-12-31(4)16-19-9-11-26-24(13-19)29-25-28-22-8-7-20(14-23(22)32-25)21-15-27-30-18(21)3/h7-9,11,13-15,17H,5-6,10,12,16H2,1-4H3,(H,27,30)(H,26,28,29)/t17-/m1/s1. The van der Waals surface area contributed by atoms with Crippen LogP contribution in [0, 0.1) is 12.8 Å². The molecule has 0 aliphatic heterocycles. The summed E-state index contributed by atoms with van der Waals surface area (Å²) in [7, 11) is 2.19.